The Morgan fingerprint density at radius 3 is 2.50 bits per heavy atom. The molecule has 0 unspecified atom stereocenters. The number of pyridine rings is 1. The van der Waals surface area contributed by atoms with Gasteiger partial charge < -0.3 is 10.2 Å². The molecule has 0 spiro atoms. The van der Waals surface area contributed by atoms with E-state index in [0.717, 1.165) is 18.4 Å². The molecule has 1 aromatic heterocycles. The minimum absolute atomic E-state index is 0.0831. The molecule has 0 aliphatic heterocycles. The Hall–Kier alpha value is -1.91. The smallest absolute Gasteiger partial charge is 0.232 e. The zero-order chi connectivity index (χ0) is 14.8. The summed E-state index contributed by atoms with van der Waals surface area (Å²) in [5.74, 6) is -0.339. The monoisotopic (exact) mass is 277 g/mol. The molecule has 5 nitrogen and oxygen atoms in total. The third-order valence-electron chi connectivity index (χ3n) is 2.86. The van der Waals surface area contributed by atoms with E-state index in [1.807, 2.05) is 26.0 Å². The number of nitrogens with zero attached hydrogens (tertiary/aromatic N) is 2. The Kier molecular flexibility index (Phi) is 7.32. The van der Waals surface area contributed by atoms with E-state index in [4.69, 9.17) is 0 Å². The first-order valence-electron chi connectivity index (χ1n) is 7.10. The van der Waals surface area contributed by atoms with Crippen LogP contribution in [-0.4, -0.2) is 34.8 Å². The first-order chi connectivity index (χ1) is 9.67. The topological polar surface area (TPSA) is 62.3 Å². The lowest BCUT2D eigenvalue weighted by atomic mass is 10.2. The molecule has 0 bridgehead atoms. The lowest BCUT2D eigenvalue weighted by molar-refractivity contribution is -0.136. The molecule has 1 aromatic rings. The van der Waals surface area contributed by atoms with Crippen molar-refractivity contribution in [2.45, 2.75) is 39.7 Å². The molecule has 0 aliphatic rings. The van der Waals surface area contributed by atoms with Crippen LogP contribution in [0.15, 0.2) is 24.5 Å². The van der Waals surface area contributed by atoms with Gasteiger partial charge >= 0.3 is 0 Å². The predicted molar refractivity (Wildman–Crippen MR) is 77.9 cm³/mol. The molecular weight excluding hydrogens is 254 g/mol. The average Bonchev–Trinajstić information content (AvgIpc) is 2.46. The van der Waals surface area contributed by atoms with Gasteiger partial charge in [-0.3, -0.25) is 14.6 Å². The Labute approximate surface area is 120 Å². The summed E-state index contributed by atoms with van der Waals surface area (Å²) in [6, 6.07) is 3.70. The van der Waals surface area contributed by atoms with Gasteiger partial charge in [0.1, 0.15) is 6.42 Å². The Morgan fingerprint density at radius 2 is 1.95 bits per heavy atom. The molecule has 1 heterocycles. The second-order valence-electron chi connectivity index (χ2n) is 4.70. The fraction of sp³-hybridized carbons (Fsp3) is 0.533. The van der Waals surface area contributed by atoms with Crippen LogP contribution < -0.4 is 5.32 Å². The molecule has 0 atom stereocenters. The molecule has 0 saturated carbocycles. The van der Waals surface area contributed by atoms with Crippen LogP contribution in [0.5, 0.6) is 0 Å². The van der Waals surface area contributed by atoms with Gasteiger partial charge in [-0.2, -0.15) is 0 Å². The summed E-state index contributed by atoms with van der Waals surface area (Å²) in [5, 5.41) is 2.74. The molecular formula is C15H23N3O2. The fourth-order valence-corrected chi connectivity index (χ4v) is 1.92. The highest BCUT2D eigenvalue weighted by molar-refractivity contribution is 5.96. The van der Waals surface area contributed by atoms with Gasteiger partial charge in [0.25, 0.3) is 0 Å². The molecule has 0 saturated heterocycles. The standard InChI is InChI=1S/C15H23N3O2/c1-3-8-18(9-4-2)15(20)10-14(19)17-12-13-6-5-7-16-11-13/h5-7,11H,3-4,8-10,12H2,1-2H3,(H,17,19). The van der Waals surface area contributed by atoms with E-state index in [-0.39, 0.29) is 18.2 Å². The van der Waals surface area contributed by atoms with Gasteiger partial charge in [0.2, 0.25) is 11.8 Å². The van der Waals surface area contributed by atoms with Crippen LogP contribution in [0.2, 0.25) is 0 Å². The first-order valence-corrected chi connectivity index (χ1v) is 7.10. The summed E-state index contributed by atoms with van der Waals surface area (Å²) < 4.78 is 0. The number of hydrogen-bond donors (Lipinski definition) is 1. The van der Waals surface area contributed by atoms with Crippen molar-refractivity contribution in [1.29, 1.82) is 0 Å². The van der Waals surface area contributed by atoms with E-state index in [1.165, 1.54) is 0 Å². The van der Waals surface area contributed by atoms with Crippen molar-refractivity contribution in [2.24, 2.45) is 0 Å². The quantitative estimate of drug-likeness (QED) is 0.736. The van der Waals surface area contributed by atoms with E-state index >= 15 is 0 Å². The number of carbonyl (C=O) groups is 2. The van der Waals surface area contributed by atoms with Crippen LogP contribution in [0.4, 0.5) is 0 Å². The molecule has 1 rings (SSSR count). The maximum Gasteiger partial charge on any atom is 0.232 e. The van der Waals surface area contributed by atoms with Crippen LogP contribution in [0, 0.1) is 0 Å². The van der Waals surface area contributed by atoms with Crippen molar-refractivity contribution >= 4 is 11.8 Å². The summed E-state index contributed by atoms with van der Waals surface area (Å²) in [7, 11) is 0. The summed E-state index contributed by atoms with van der Waals surface area (Å²) in [4.78, 5) is 29.5. The number of rotatable bonds is 8. The molecule has 20 heavy (non-hydrogen) atoms. The van der Waals surface area contributed by atoms with E-state index in [9.17, 15) is 9.59 Å². The molecule has 5 heteroatoms. The zero-order valence-electron chi connectivity index (χ0n) is 12.3. The van der Waals surface area contributed by atoms with E-state index in [1.54, 1.807) is 17.3 Å². The fourth-order valence-electron chi connectivity index (χ4n) is 1.92. The van der Waals surface area contributed by atoms with Gasteiger partial charge in [-0.05, 0) is 24.5 Å². The molecule has 0 radical (unpaired) electrons. The average molecular weight is 277 g/mol. The third-order valence-corrected chi connectivity index (χ3v) is 2.86. The van der Waals surface area contributed by atoms with Gasteiger partial charge in [-0.25, -0.2) is 0 Å². The van der Waals surface area contributed by atoms with E-state index in [2.05, 4.69) is 10.3 Å². The van der Waals surface area contributed by atoms with Crippen molar-refractivity contribution in [3.05, 3.63) is 30.1 Å². The zero-order valence-corrected chi connectivity index (χ0v) is 12.3. The van der Waals surface area contributed by atoms with Gasteiger partial charge in [-0.15, -0.1) is 0 Å². The number of carbonyl (C=O) groups excluding carboxylic acids is 2. The van der Waals surface area contributed by atoms with Gasteiger partial charge in [0.05, 0.1) is 0 Å². The van der Waals surface area contributed by atoms with Crippen LogP contribution in [0.25, 0.3) is 0 Å². The Balaban J connectivity index is 2.38. The maximum atomic E-state index is 12.0. The molecule has 0 aliphatic carbocycles. The minimum atomic E-state index is -0.240. The summed E-state index contributed by atoms with van der Waals surface area (Å²) >= 11 is 0. The maximum absolute atomic E-state index is 12.0. The van der Waals surface area contributed by atoms with Crippen molar-refractivity contribution in [3.63, 3.8) is 0 Å². The van der Waals surface area contributed by atoms with Crippen molar-refractivity contribution in [3.8, 4) is 0 Å². The number of nitrogens with one attached hydrogen (secondary N) is 1. The summed E-state index contributed by atoms with van der Waals surface area (Å²) in [5.41, 5.74) is 0.923. The van der Waals surface area contributed by atoms with Gasteiger partial charge in [0.15, 0.2) is 0 Å². The van der Waals surface area contributed by atoms with Crippen LogP contribution in [-0.2, 0) is 16.1 Å². The lowest BCUT2D eigenvalue weighted by Gasteiger charge is -2.21. The van der Waals surface area contributed by atoms with Gasteiger partial charge in [-0.1, -0.05) is 19.9 Å². The largest absolute Gasteiger partial charge is 0.352 e. The highest BCUT2D eigenvalue weighted by atomic mass is 16.2. The normalized spacial score (nSPS) is 10.1. The minimum Gasteiger partial charge on any atom is -0.352 e. The first kappa shape index (κ1) is 16.1. The molecule has 2 amide bonds. The SMILES string of the molecule is CCCN(CCC)C(=O)CC(=O)NCc1cccnc1. The number of amides is 2. The molecule has 0 aromatic carbocycles. The second-order valence-corrected chi connectivity index (χ2v) is 4.70. The van der Waals surface area contributed by atoms with Crippen molar-refractivity contribution < 1.29 is 9.59 Å². The molecule has 1 N–H and O–H groups in total. The highest BCUT2D eigenvalue weighted by Gasteiger charge is 2.15. The molecule has 0 fully saturated rings. The van der Waals surface area contributed by atoms with Crippen LogP contribution in [0.1, 0.15) is 38.7 Å². The predicted octanol–water partition coefficient (Wildman–Crippen LogP) is 1.74. The number of aromatic nitrogens is 1. The van der Waals surface area contributed by atoms with Crippen molar-refractivity contribution in [1.82, 2.24) is 15.2 Å². The molecule has 110 valence electrons. The van der Waals surface area contributed by atoms with Crippen LogP contribution in [0.3, 0.4) is 0 Å². The Morgan fingerprint density at radius 1 is 1.25 bits per heavy atom. The third kappa shape index (κ3) is 5.82. The van der Waals surface area contributed by atoms with E-state index in [0.29, 0.717) is 19.6 Å². The summed E-state index contributed by atoms with van der Waals surface area (Å²) in [6.45, 7) is 5.88. The highest BCUT2D eigenvalue weighted by Crippen LogP contribution is 2.00. The number of hydrogen-bond acceptors (Lipinski definition) is 3. The van der Waals surface area contributed by atoms with Gasteiger partial charge in [0, 0.05) is 32.0 Å². The second kappa shape index (κ2) is 9.07. The van der Waals surface area contributed by atoms with Crippen LogP contribution >= 0.6 is 0 Å². The van der Waals surface area contributed by atoms with Crippen molar-refractivity contribution in [2.75, 3.05) is 13.1 Å². The Bertz CT molecular complexity index is 414. The summed E-state index contributed by atoms with van der Waals surface area (Å²) in [6.07, 6.45) is 5.11. The van der Waals surface area contributed by atoms with E-state index < -0.39 is 0 Å². The lowest BCUT2D eigenvalue weighted by Crippen LogP contribution is -2.36.